The van der Waals surface area contributed by atoms with E-state index in [1.807, 2.05) is 83.1 Å². The Morgan fingerprint density at radius 2 is 0.286 bits per heavy atom. The Morgan fingerprint density at radius 1 is 0.250 bits per heavy atom. The normalized spacial score (nSPS) is 12.9. The first-order valence-corrected chi connectivity index (χ1v) is 13.7. The molecule has 0 unspecified atom stereocenters. The predicted molar refractivity (Wildman–Crippen MR) is 144 cm³/mol. The van der Waals surface area contributed by atoms with Crippen LogP contribution in [0.1, 0.15) is 181 Å². The van der Waals surface area contributed by atoms with Gasteiger partial charge in [-0.3, -0.25) is 0 Å². The van der Waals surface area contributed by atoms with E-state index in [9.17, 15) is 0 Å². The summed E-state index contributed by atoms with van der Waals surface area (Å²) in [5.41, 5.74) is 0. The first-order chi connectivity index (χ1) is 13.7. The smallest absolute Gasteiger partial charge is 0.0500 e. The van der Waals surface area contributed by atoms with Crippen LogP contribution in [-0.4, -0.2) is 0 Å². The van der Waals surface area contributed by atoms with Crippen LogP contribution in [0.2, 0.25) is 0 Å². The van der Waals surface area contributed by atoms with Crippen LogP contribution in [0.5, 0.6) is 0 Å². The summed E-state index contributed by atoms with van der Waals surface area (Å²) >= 11 is 0. The SMILES string of the molecule is C1CCC1.C1CCC1.C1CCC1.CC.CC.CC.CC.CC.CC.CC(C)C. The van der Waals surface area contributed by atoms with Gasteiger partial charge in [0.05, 0.1) is 0 Å². The van der Waals surface area contributed by atoms with Gasteiger partial charge in [0, 0.05) is 0 Å². The zero-order chi connectivity index (χ0) is 24.1. The Hall–Kier alpha value is 0. The average Bonchev–Trinajstić information content (AvgIpc) is 2.60. The highest BCUT2D eigenvalue weighted by atomic mass is 14.0. The lowest BCUT2D eigenvalue weighted by Crippen LogP contribution is -1.85. The Kier molecular flexibility index (Phi) is 134. The Morgan fingerprint density at radius 3 is 0.286 bits per heavy atom. The van der Waals surface area contributed by atoms with E-state index in [1.165, 1.54) is 77.0 Å². The van der Waals surface area contributed by atoms with Crippen LogP contribution in [0.4, 0.5) is 0 Å². The summed E-state index contributed by atoms with van der Waals surface area (Å²) < 4.78 is 0. The topological polar surface area (TPSA) is 0 Å². The minimum absolute atomic E-state index is 0.833. The van der Waals surface area contributed by atoms with E-state index < -0.39 is 0 Å². The van der Waals surface area contributed by atoms with E-state index in [1.54, 1.807) is 0 Å². The predicted octanol–water partition coefficient (Wildman–Crippen LogP) is 12.5. The molecule has 3 saturated carbocycles. The molecule has 28 heavy (non-hydrogen) atoms. The fourth-order valence-electron chi connectivity index (χ4n) is 0.750. The molecule has 3 aliphatic carbocycles. The second-order valence-electron chi connectivity index (χ2n) is 5.97. The van der Waals surface area contributed by atoms with Crippen molar-refractivity contribution in [2.24, 2.45) is 5.92 Å². The molecule has 0 aliphatic heterocycles. The Labute approximate surface area is 187 Å². The molecule has 3 aliphatic rings. The van der Waals surface area contributed by atoms with Crippen molar-refractivity contribution in [2.75, 3.05) is 0 Å². The highest BCUT2D eigenvalue weighted by Crippen LogP contribution is 2.15. The van der Waals surface area contributed by atoms with Crippen molar-refractivity contribution in [2.45, 2.75) is 181 Å². The fraction of sp³-hybridized carbons (Fsp3) is 1.00. The molecule has 0 heteroatoms. The second-order valence-corrected chi connectivity index (χ2v) is 5.97. The van der Waals surface area contributed by atoms with Gasteiger partial charge in [-0.2, -0.15) is 0 Å². The molecule has 0 aromatic rings. The minimum atomic E-state index is 0.833. The third kappa shape index (κ3) is 113. The van der Waals surface area contributed by atoms with Gasteiger partial charge in [0.15, 0.2) is 0 Å². The lowest BCUT2D eigenvalue weighted by molar-refractivity contribution is 0.504. The van der Waals surface area contributed by atoms with E-state index in [4.69, 9.17) is 0 Å². The monoisotopic (exact) mass is 407 g/mol. The molecule has 0 atom stereocenters. The van der Waals surface area contributed by atoms with Gasteiger partial charge in [-0.1, -0.05) is 181 Å². The van der Waals surface area contributed by atoms with Gasteiger partial charge in [0.1, 0.15) is 0 Å². The molecule has 0 radical (unpaired) electrons. The maximum atomic E-state index is 2.17. The number of hydrogen-bond donors (Lipinski definition) is 0. The molecule has 0 aromatic carbocycles. The molecule has 0 spiro atoms. The summed E-state index contributed by atoms with van der Waals surface area (Å²) in [5, 5.41) is 0. The molecule has 0 N–H and O–H groups in total. The molecule has 0 bridgehead atoms. The van der Waals surface area contributed by atoms with Gasteiger partial charge in [-0.15, -0.1) is 0 Å². The first-order valence-electron chi connectivity index (χ1n) is 13.7. The lowest BCUT2D eigenvalue weighted by Gasteiger charge is -2.05. The van der Waals surface area contributed by atoms with Crippen LogP contribution in [0.3, 0.4) is 0 Å². The van der Waals surface area contributed by atoms with Crippen LogP contribution >= 0.6 is 0 Å². The lowest BCUT2D eigenvalue weighted by atomic mass is 10.0. The molecule has 0 nitrogen and oxygen atoms in total. The van der Waals surface area contributed by atoms with E-state index in [-0.39, 0.29) is 0 Å². The quantitative estimate of drug-likeness (QED) is 0.375. The maximum absolute atomic E-state index is 2.17. The summed E-state index contributed by atoms with van der Waals surface area (Å²) in [7, 11) is 0. The van der Waals surface area contributed by atoms with E-state index >= 15 is 0 Å². The van der Waals surface area contributed by atoms with Gasteiger partial charge in [-0.25, -0.2) is 0 Å². The van der Waals surface area contributed by atoms with Gasteiger partial charge in [0.2, 0.25) is 0 Å². The standard InChI is InChI=1S/3C4H8.C4H10.6C2H6/c3*1-2-4-3-1;1-4(2)3;6*1-2/h3*1-4H2;4H,1-3H3;6*1-2H3. The molecule has 0 heterocycles. The molecule has 182 valence electrons. The Bertz CT molecular complexity index is 69.4. The minimum Gasteiger partial charge on any atom is -0.0683 e. The van der Waals surface area contributed by atoms with Crippen molar-refractivity contribution in [3.8, 4) is 0 Å². The highest BCUT2D eigenvalue weighted by molar-refractivity contribution is 4.51. The van der Waals surface area contributed by atoms with E-state index in [2.05, 4.69) is 20.8 Å². The number of rotatable bonds is 0. The van der Waals surface area contributed by atoms with Gasteiger partial charge < -0.3 is 0 Å². The second kappa shape index (κ2) is 81.1. The molecule has 3 fully saturated rings. The van der Waals surface area contributed by atoms with Crippen molar-refractivity contribution in [1.82, 2.24) is 0 Å². The van der Waals surface area contributed by atoms with Crippen LogP contribution in [0.25, 0.3) is 0 Å². The third-order valence-corrected chi connectivity index (χ3v) is 3.00. The van der Waals surface area contributed by atoms with Gasteiger partial charge >= 0.3 is 0 Å². The van der Waals surface area contributed by atoms with Crippen molar-refractivity contribution in [1.29, 1.82) is 0 Å². The fourth-order valence-corrected chi connectivity index (χ4v) is 0.750. The highest BCUT2D eigenvalue weighted by Gasteiger charge is 1.96. The van der Waals surface area contributed by atoms with Gasteiger partial charge in [0.25, 0.3) is 0 Å². The first kappa shape index (κ1) is 46.3. The summed E-state index contributed by atoms with van der Waals surface area (Å²) in [6, 6.07) is 0. The molecule has 3 rings (SSSR count). The zero-order valence-electron chi connectivity index (χ0n) is 24.1. The summed E-state index contributed by atoms with van der Waals surface area (Å²) in [5.74, 6) is 0.833. The summed E-state index contributed by atoms with van der Waals surface area (Å²) in [6.45, 7) is 30.5. The maximum Gasteiger partial charge on any atom is -0.0500 e. The molecular weight excluding hydrogens is 336 g/mol. The van der Waals surface area contributed by atoms with Crippen molar-refractivity contribution in [3.05, 3.63) is 0 Å². The summed E-state index contributed by atoms with van der Waals surface area (Å²) in [4.78, 5) is 0. The zero-order valence-corrected chi connectivity index (χ0v) is 24.1. The van der Waals surface area contributed by atoms with Crippen molar-refractivity contribution >= 4 is 0 Å². The number of hydrogen-bond acceptors (Lipinski definition) is 0. The molecule has 0 saturated heterocycles. The largest absolute Gasteiger partial charge is 0.0683 e. The third-order valence-electron chi connectivity index (χ3n) is 3.00. The van der Waals surface area contributed by atoms with Crippen molar-refractivity contribution in [3.63, 3.8) is 0 Å². The average molecular weight is 407 g/mol. The molecule has 0 aromatic heterocycles. The van der Waals surface area contributed by atoms with Crippen molar-refractivity contribution < 1.29 is 0 Å². The molecular formula is C28H70. The van der Waals surface area contributed by atoms with Gasteiger partial charge in [-0.05, 0) is 5.92 Å². The van der Waals surface area contributed by atoms with Crippen LogP contribution in [-0.2, 0) is 0 Å². The van der Waals surface area contributed by atoms with Crippen LogP contribution < -0.4 is 0 Å². The van der Waals surface area contributed by atoms with E-state index in [0.29, 0.717) is 0 Å². The molecule has 0 amide bonds. The van der Waals surface area contributed by atoms with Crippen LogP contribution in [0.15, 0.2) is 0 Å². The van der Waals surface area contributed by atoms with E-state index in [0.717, 1.165) is 5.92 Å². The Balaban J connectivity index is -0.0000000359. The summed E-state index contributed by atoms with van der Waals surface area (Å²) in [6.07, 6.45) is 18.0. The van der Waals surface area contributed by atoms with Crippen LogP contribution in [0, 0.1) is 5.92 Å².